The van der Waals surface area contributed by atoms with Crippen molar-refractivity contribution in [2.45, 2.75) is 39.0 Å². The maximum absolute atomic E-state index is 12.5. The minimum atomic E-state index is -0.225. The van der Waals surface area contributed by atoms with Crippen LogP contribution in [0.25, 0.3) is 5.69 Å². The van der Waals surface area contributed by atoms with Crippen molar-refractivity contribution >= 4 is 17.5 Å². The molecule has 1 aromatic heterocycles. The van der Waals surface area contributed by atoms with Gasteiger partial charge in [-0.1, -0.05) is 30.7 Å². The minimum absolute atomic E-state index is 0.204. The number of benzene rings is 1. The van der Waals surface area contributed by atoms with Gasteiger partial charge in [0.1, 0.15) is 5.82 Å². The molecule has 1 atom stereocenters. The predicted molar refractivity (Wildman–Crippen MR) is 103 cm³/mol. The van der Waals surface area contributed by atoms with E-state index in [0.29, 0.717) is 17.5 Å². The Hall–Kier alpha value is -1.92. The van der Waals surface area contributed by atoms with Crippen molar-refractivity contribution in [1.82, 2.24) is 25.4 Å². The van der Waals surface area contributed by atoms with Crippen molar-refractivity contribution in [2.75, 3.05) is 19.6 Å². The van der Waals surface area contributed by atoms with Crippen LogP contribution in [0.15, 0.2) is 24.3 Å². The monoisotopic (exact) mass is 375 g/mol. The van der Waals surface area contributed by atoms with E-state index >= 15 is 0 Å². The van der Waals surface area contributed by atoms with E-state index in [2.05, 4.69) is 27.6 Å². The summed E-state index contributed by atoms with van der Waals surface area (Å²) in [4.78, 5) is 16.9. The van der Waals surface area contributed by atoms with Crippen molar-refractivity contribution in [3.05, 3.63) is 40.9 Å². The van der Waals surface area contributed by atoms with E-state index in [1.807, 2.05) is 24.3 Å². The Morgan fingerprint density at radius 3 is 3.00 bits per heavy atom. The van der Waals surface area contributed by atoms with Gasteiger partial charge in [-0.3, -0.25) is 4.79 Å². The Labute approximate surface area is 159 Å². The molecule has 26 heavy (non-hydrogen) atoms. The molecule has 2 N–H and O–H groups in total. The van der Waals surface area contributed by atoms with Crippen LogP contribution < -0.4 is 10.6 Å². The molecule has 2 heterocycles. The highest BCUT2D eigenvalue weighted by atomic mass is 35.5. The van der Waals surface area contributed by atoms with Crippen LogP contribution in [0.1, 0.15) is 49.1 Å². The molecule has 6 nitrogen and oxygen atoms in total. The molecule has 0 aliphatic carbocycles. The molecule has 0 bridgehead atoms. The Balaban J connectivity index is 1.68. The second-order valence-corrected chi connectivity index (χ2v) is 7.13. The molecule has 2 aromatic rings. The lowest BCUT2D eigenvalue weighted by Gasteiger charge is -2.22. The van der Waals surface area contributed by atoms with E-state index in [4.69, 9.17) is 11.6 Å². The van der Waals surface area contributed by atoms with E-state index in [1.54, 1.807) is 4.68 Å². The van der Waals surface area contributed by atoms with E-state index in [1.165, 1.54) is 12.8 Å². The fourth-order valence-electron chi connectivity index (χ4n) is 3.28. The second-order valence-electron chi connectivity index (χ2n) is 6.72. The largest absolute Gasteiger partial charge is 0.349 e. The number of nitrogens with one attached hydrogen (secondary N) is 2. The van der Waals surface area contributed by atoms with Crippen molar-refractivity contribution in [3.8, 4) is 5.69 Å². The number of hydrogen-bond acceptors (Lipinski definition) is 4. The quantitative estimate of drug-likeness (QED) is 0.780. The zero-order chi connectivity index (χ0) is 18.4. The van der Waals surface area contributed by atoms with Gasteiger partial charge in [-0.05, 0) is 56.8 Å². The number of aryl methyl sites for hydroxylation is 1. The number of hydrogen-bond donors (Lipinski definition) is 2. The van der Waals surface area contributed by atoms with Crippen LogP contribution in [0.2, 0.25) is 5.02 Å². The SMILES string of the molecule is CCCc1nc(C(=O)NCCC2CCCNC2)nn1-c1ccccc1Cl. The number of aromatic nitrogens is 3. The molecule has 0 spiro atoms. The standard InChI is InChI=1S/C19H26ClN5O/c1-2-6-17-23-18(24-25(17)16-9-4-3-8-15(16)20)19(26)22-12-10-14-7-5-11-21-13-14/h3-4,8-9,14,21H,2,5-7,10-13H2,1H3,(H,22,26). The number of para-hydroxylation sites is 1. The van der Waals surface area contributed by atoms with Crippen LogP contribution in [0.3, 0.4) is 0 Å². The molecule has 1 saturated heterocycles. The summed E-state index contributed by atoms with van der Waals surface area (Å²) in [6.45, 7) is 4.86. The van der Waals surface area contributed by atoms with Crippen molar-refractivity contribution in [2.24, 2.45) is 5.92 Å². The molecule has 1 unspecified atom stereocenters. The van der Waals surface area contributed by atoms with Gasteiger partial charge in [0.25, 0.3) is 5.91 Å². The molecule has 1 aliphatic heterocycles. The Morgan fingerprint density at radius 1 is 1.42 bits per heavy atom. The summed E-state index contributed by atoms with van der Waals surface area (Å²) < 4.78 is 1.69. The van der Waals surface area contributed by atoms with Crippen molar-refractivity contribution in [1.29, 1.82) is 0 Å². The lowest BCUT2D eigenvalue weighted by atomic mass is 9.96. The summed E-state index contributed by atoms with van der Waals surface area (Å²) in [7, 11) is 0. The first-order valence-electron chi connectivity index (χ1n) is 9.38. The molecule has 7 heteroatoms. The maximum atomic E-state index is 12.5. The topological polar surface area (TPSA) is 71.8 Å². The summed E-state index contributed by atoms with van der Waals surface area (Å²) in [6.07, 6.45) is 5.07. The number of carbonyl (C=O) groups is 1. The highest BCUT2D eigenvalue weighted by molar-refractivity contribution is 6.32. The average Bonchev–Trinajstić information content (AvgIpc) is 3.07. The molecule has 3 rings (SSSR count). The lowest BCUT2D eigenvalue weighted by Crippen LogP contribution is -2.33. The van der Waals surface area contributed by atoms with Crippen LogP contribution in [0.5, 0.6) is 0 Å². The average molecular weight is 376 g/mol. The van der Waals surface area contributed by atoms with Crippen LogP contribution in [-0.2, 0) is 6.42 Å². The van der Waals surface area contributed by atoms with Gasteiger partial charge < -0.3 is 10.6 Å². The van der Waals surface area contributed by atoms with Gasteiger partial charge in [-0.15, -0.1) is 5.10 Å². The third-order valence-electron chi connectivity index (χ3n) is 4.67. The lowest BCUT2D eigenvalue weighted by molar-refractivity contribution is 0.0940. The number of rotatable bonds is 7. The van der Waals surface area contributed by atoms with Crippen LogP contribution >= 0.6 is 11.6 Å². The molecule has 1 fully saturated rings. The van der Waals surface area contributed by atoms with E-state index in [9.17, 15) is 4.79 Å². The summed E-state index contributed by atoms with van der Waals surface area (Å²) in [6, 6.07) is 7.47. The summed E-state index contributed by atoms with van der Waals surface area (Å²) in [5.74, 6) is 1.36. The molecular weight excluding hydrogens is 350 g/mol. The highest BCUT2D eigenvalue weighted by Crippen LogP contribution is 2.21. The first-order chi connectivity index (χ1) is 12.7. The third-order valence-corrected chi connectivity index (χ3v) is 4.99. The minimum Gasteiger partial charge on any atom is -0.349 e. The summed E-state index contributed by atoms with van der Waals surface area (Å²) in [5, 5.41) is 11.4. The van der Waals surface area contributed by atoms with Gasteiger partial charge in [-0.2, -0.15) is 0 Å². The number of piperidine rings is 1. The fraction of sp³-hybridized carbons (Fsp3) is 0.526. The number of nitrogens with zero attached hydrogens (tertiary/aromatic N) is 3. The number of carbonyl (C=O) groups excluding carboxylic acids is 1. The fourth-order valence-corrected chi connectivity index (χ4v) is 3.50. The first kappa shape index (κ1) is 18.9. The smallest absolute Gasteiger partial charge is 0.290 e. The highest BCUT2D eigenvalue weighted by Gasteiger charge is 2.19. The summed E-state index contributed by atoms with van der Waals surface area (Å²) in [5.41, 5.74) is 0.748. The van der Waals surface area contributed by atoms with Gasteiger partial charge in [0, 0.05) is 13.0 Å². The van der Waals surface area contributed by atoms with Gasteiger partial charge in [-0.25, -0.2) is 9.67 Å². The van der Waals surface area contributed by atoms with Gasteiger partial charge >= 0.3 is 0 Å². The Morgan fingerprint density at radius 2 is 2.27 bits per heavy atom. The predicted octanol–water partition coefficient (Wildman–Crippen LogP) is 2.99. The van der Waals surface area contributed by atoms with Crippen LogP contribution in [-0.4, -0.2) is 40.3 Å². The van der Waals surface area contributed by atoms with Gasteiger partial charge in [0.15, 0.2) is 0 Å². The first-order valence-corrected chi connectivity index (χ1v) is 9.76. The molecular formula is C19H26ClN5O. The van der Waals surface area contributed by atoms with Gasteiger partial charge in [0.05, 0.1) is 10.7 Å². The van der Waals surface area contributed by atoms with Crippen molar-refractivity contribution in [3.63, 3.8) is 0 Å². The van der Waals surface area contributed by atoms with Crippen molar-refractivity contribution < 1.29 is 4.79 Å². The molecule has 0 radical (unpaired) electrons. The number of halogens is 1. The molecule has 1 aromatic carbocycles. The molecule has 0 saturated carbocycles. The zero-order valence-electron chi connectivity index (χ0n) is 15.2. The Kier molecular flexibility index (Phi) is 6.63. The second kappa shape index (κ2) is 9.14. The molecule has 1 amide bonds. The maximum Gasteiger partial charge on any atom is 0.290 e. The molecule has 140 valence electrons. The zero-order valence-corrected chi connectivity index (χ0v) is 15.9. The number of amides is 1. The van der Waals surface area contributed by atoms with Crippen LogP contribution in [0, 0.1) is 5.92 Å². The molecule has 1 aliphatic rings. The van der Waals surface area contributed by atoms with E-state index in [-0.39, 0.29) is 11.7 Å². The van der Waals surface area contributed by atoms with E-state index < -0.39 is 0 Å². The third kappa shape index (κ3) is 4.62. The van der Waals surface area contributed by atoms with Gasteiger partial charge in [0.2, 0.25) is 5.82 Å². The van der Waals surface area contributed by atoms with Crippen LogP contribution in [0.4, 0.5) is 0 Å². The van der Waals surface area contributed by atoms with E-state index in [0.717, 1.165) is 43.9 Å². The summed E-state index contributed by atoms with van der Waals surface area (Å²) >= 11 is 6.29. The normalized spacial score (nSPS) is 17.2. The Bertz CT molecular complexity index is 739.